The van der Waals surface area contributed by atoms with Crippen LogP contribution in [-0.2, 0) is 0 Å². The molecular formula is C12H13ClN2O. The van der Waals surface area contributed by atoms with E-state index in [1.54, 1.807) is 6.07 Å². The van der Waals surface area contributed by atoms with Crippen LogP contribution in [0.2, 0.25) is 5.02 Å². The van der Waals surface area contributed by atoms with Crippen LogP contribution in [-0.4, -0.2) is 15.7 Å². The minimum atomic E-state index is -0.869. The van der Waals surface area contributed by atoms with Gasteiger partial charge in [0.2, 0.25) is 0 Å². The summed E-state index contributed by atoms with van der Waals surface area (Å²) in [4.78, 5) is 3.92. The smallest absolute Gasteiger partial charge is 0.140 e. The van der Waals surface area contributed by atoms with E-state index < -0.39 is 5.60 Å². The summed E-state index contributed by atoms with van der Waals surface area (Å²) in [6.45, 7) is 0. The zero-order valence-electron chi connectivity index (χ0n) is 8.83. The number of nitrogens with two attached hydrogens (primary N) is 1. The Balaban J connectivity index is 2.30. The van der Waals surface area contributed by atoms with Crippen molar-refractivity contribution in [3.8, 4) is 11.8 Å². The molecule has 0 saturated heterocycles. The van der Waals surface area contributed by atoms with E-state index in [9.17, 15) is 5.11 Å². The van der Waals surface area contributed by atoms with Gasteiger partial charge in [0, 0.05) is 6.20 Å². The maximum atomic E-state index is 10.1. The summed E-state index contributed by atoms with van der Waals surface area (Å²) in [6, 6.07) is 1.64. The Hall–Kier alpha value is -1.24. The highest BCUT2D eigenvalue weighted by molar-refractivity contribution is 6.32. The quantitative estimate of drug-likeness (QED) is 0.677. The van der Waals surface area contributed by atoms with Crippen LogP contribution in [0.5, 0.6) is 0 Å². The number of hydrogen-bond donors (Lipinski definition) is 2. The number of rotatable bonds is 0. The van der Waals surface area contributed by atoms with Gasteiger partial charge in [0.05, 0.1) is 10.6 Å². The number of aliphatic hydroxyl groups is 1. The Morgan fingerprint density at radius 2 is 2.12 bits per heavy atom. The summed E-state index contributed by atoms with van der Waals surface area (Å²) in [6.07, 6.45) is 5.01. The van der Waals surface area contributed by atoms with E-state index in [0.717, 1.165) is 25.7 Å². The maximum Gasteiger partial charge on any atom is 0.140 e. The average molecular weight is 237 g/mol. The van der Waals surface area contributed by atoms with E-state index in [4.69, 9.17) is 17.3 Å². The predicted octanol–water partition coefficient (Wildman–Crippen LogP) is 1.97. The third-order valence-corrected chi connectivity index (χ3v) is 3.10. The lowest BCUT2D eigenvalue weighted by atomic mass is 10.0. The highest BCUT2D eigenvalue weighted by atomic mass is 35.5. The molecule has 0 atom stereocenters. The van der Waals surface area contributed by atoms with Gasteiger partial charge in [-0.3, -0.25) is 0 Å². The van der Waals surface area contributed by atoms with E-state index >= 15 is 0 Å². The fourth-order valence-corrected chi connectivity index (χ4v) is 2.04. The molecule has 1 heterocycles. The SMILES string of the molecule is Nc1nccc(Cl)c1C#CC1(O)CCCC1. The van der Waals surface area contributed by atoms with Gasteiger partial charge in [-0.1, -0.05) is 23.4 Å². The second kappa shape index (κ2) is 4.32. The van der Waals surface area contributed by atoms with Gasteiger partial charge < -0.3 is 10.8 Å². The lowest BCUT2D eigenvalue weighted by Crippen LogP contribution is -2.20. The minimum absolute atomic E-state index is 0.307. The van der Waals surface area contributed by atoms with Crippen molar-refractivity contribution < 1.29 is 5.11 Å². The molecule has 3 N–H and O–H groups in total. The summed E-state index contributed by atoms with van der Waals surface area (Å²) in [5.74, 6) is 6.01. The van der Waals surface area contributed by atoms with Crippen LogP contribution in [0.4, 0.5) is 5.82 Å². The normalized spacial score (nSPS) is 17.9. The molecule has 1 aliphatic carbocycles. The van der Waals surface area contributed by atoms with Crippen molar-refractivity contribution in [1.29, 1.82) is 0 Å². The molecule has 0 spiro atoms. The summed E-state index contributed by atoms with van der Waals surface area (Å²) in [7, 11) is 0. The van der Waals surface area contributed by atoms with Crippen LogP contribution in [0.25, 0.3) is 0 Å². The Morgan fingerprint density at radius 1 is 1.44 bits per heavy atom. The van der Waals surface area contributed by atoms with Gasteiger partial charge in [-0.15, -0.1) is 0 Å². The van der Waals surface area contributed by atoms with Gasteiger partial charge in [-0.25, -0.2) is 4.98 Å². The summed E-state index contributed by atoms with van der Waals surface area (Å²) >= 11 is 5.96. The first-order valence-corrected chi connectivity index (χ1v) is 5.64. The number of halogens is 1. The second-order valence-corrected chi connectivity index (χ2v) is 4.45. The molecular weight excluding hydrogens is 224 g/mol. The zero-order valence-corrected chi connectivity index (χ0v) is 9.59. The van der Waals surface area contributed by atoms with Crippen molar-refractivity contribution in [3.05, 3.63) is 22.8 Å². The van der Waals surface area contributed by atoms with Crippen LogP contribution in [0.3, 0.4) is 0 Å². The molecule has 0 aliphatic heterocycles. The molecule has 16 heavy (non-hydrogen) atoms. The van der Waals surface area contributed by atoms with E-state index in [0.29, 0.717) is 16.4 Å². The van der Waals surface area contributed by atoms with Gasteiger partial charge in [0.15, 0.2) is 0 Å². The highest BCUT2D eigenvalue weighted by Crippen LogP contribution is 2.29. The van der Waals surface area contributed by atoms with E-state index in [1.165, 1.54) is 6.20 Å². The summed E-state index contributed by atoms with van der Waals surface area (Å²) < 4.78 is 0. The number of nitrogens with zero attached hydrogens (tertiary/aromatic N) is 1. The molecule has 0 aromatic carbocycles. The van der Waals surface area contributed by atoms with Gasteiger partial charge >= 0.3 is 0 Å². The fraction of sp³-hybridized carbons (Fsp3) is 0.417. The van der Waals surface area contributed by atoms with Crippen molar-refractivity contribution in [2.24, 2.45) is 0 Å². The van der Waals surface area contributed by atoms with E-state index in [1.807, 2.05) is 0 Å². The molecule has 4 heteroatoms. The van der Waals surface area contributed by atoms with Gasteiger partial charge in [0.25, 0.3) is 0 Å². The van der Waals surface area contributed by atoms with Crippen LogP contribution in [0.1, 0.15) is 31.2 Å². The lowest BCUT2D eigenvalue weighted by molar-refractivity contribution is 0.110. The molecule has 1 aliphatic rings. The van der Waals surface area contributed by atoms with E-state index in [-0.39, 0.29) is 0 Å². The Labute approximate surface area is 99.6 Å². The Bertz CT molecular complexity index is 436. The first-order chi connectivity index (χ1) is 7.61. The van der Waals surface area contributed by atoms with Crippen molar-refractivity contribution >= 4 is 17.4 Å². The van der Waals surface area contributed by atoms with Gasteiger partial charge in [-0.2, -0.15) is 0 Å². The molecule has 0 unspecified atom stereocenters. The standard InChI is InChI=1S/C12H13ClN2O/c13-10-4-8-15-11(14)9(10)3-7-12(16)5-1-2-6-12/h4,8,16H,1-2,5-6H2,(H2,14,15). The average Bonchev–Trinajstić information content (AvgIpc) is 2.65. The molecule has 3 nitrogen and oxygen atoms in total. The third kappa shape index (κ3) is 2.29. The molecule has 0 amide bonds. The molecule has 1 aromatic heterocycles. The Kier molecular flexibility index (Phi) is 3.04. The molecule has 1 aromatic rings. The maximum absolute atomic E-state index is 10.1. The van der Waals surface area contributed by atoms with Crippen molar-refractivity contribution in [2.45, 2.75) is 31.3 Å². The summed E-state index contributed by atoms with van der Waals surface area (Å²) in [5, 5.41) is 10.5. The number of hydrogen-bond acceptors (Lipinski definition) is 3. The topological polar surface area (TPSA) is 59.1 Å². The van der Waals surface area contributed by atoms with Gasteiger partial charge in [-0.05, 0) is 31.7 Å². The first-order valence-electron chi connectivity index (χ1n) is 5.26. The van der Waals surface area contributed by atoms with Crippen LogP contribution < -0.4 is 5.73 Å². The number of nitrogen functional groups attached to an aromatic ring is 1. The lowest BCUT2D eigenvalue weighted by Gasteiger charge is -2.13. The number of anilines is 1. The molecule has 84 valence electrons. The fourth-order valence-electron chi connectivity index (χ4n) is 1.84. The predicted molar refractivity (Wildman–Crippen MR) is 64.0 cm³/mol. The first kappa shape index (κ1) is 11.3. The number of aromatic nitrogens is 1. The number of pyridine rings is 1. The van der Waals surface area contributed by atoms with Crippen molar-refractivity contribution in [2.75, 3.05) is 5.73 Å². The van der Waals surface area contributed by atoms with E-state index in [2.05, 4.69) is 16.8 Å². The molecule has 2 rings (SSSR count). The van der Waals surface area contributed by atoms with Gasteiger partial charge in [0.1, 0.15) is 11.4 Å². The van der Waals surface area contributed by atoms with Crippen LogP contribution in [0.15, 0.2) is 12.3 Å². The monoisotopic (exact) mass is 236 g/mol. The molecule has 0 radical (unpaired) electrons. The zero-order chi connectivity index (χ0) is 11.6. The summed E-state index contributed by atoms with van der Waals surface area (Å²) in [5.41, 5.74) is 5.30. The molecule has 1 fully saturated rings. The molecule has 1 saturated carbocycles. The highest BCUT2D eigenvalue weighted by Gasteiger charge is 2.28. The Morgan fingerprint density at radius 3 is 2.75 bits per heavy atom. The largest absolute Gasteiger partial charge is 0.383 e. The molecule has 0 bridgehead atoms. The van der Waals surface area contributed by atoms with Crippen molar-refractivity contribution in [1.82, 2.24) is 4.98 Å². The van der Waals surface area contributed by atoms with Crippen LogP contribution in [0, 0.1) is 11.8 Å². The van der Waals surface area contributed by atoms with Crippen LogP contribution >= 0.6 is 11.6 Å². The third-order valence-electron chi connectivity index (χ3n) is 2.78. The second-order valence-electron chi connectivity index (χ2n) is 4.04. The minimum Gasteiger partial charge on any atom is -0.383 e. The van der Waals surface area contributed by atoms with Crippen molar-refractivity contribution in [3.63, 3.8) is 0 Å².